The highest BCUT2D eigenvalue weighted by atomic mass is 16.3. The number of hydrogen-bond acceptors (Lipinski definition) is 2. The minimum absolute atomic E-state index is 0.501. The van der Waals surface area contributed by atoms with E-state index in [-0.39, 0.29) is 0 Å². The summed E-state index contributed by atoms with van der Waals surface area (Å²) in [4.78, 5) is 2.01. The van der Waals surface area contributed by atoms with Gasteiger partial charge in [-0.3, -0.25) is 0 Å². The molecule has 23 heavy (non-hydrogen) atoms. The molecule has 0 bridgehead atoms. The molecule has 2 heterocycles. The number of aromatic nitrogens is 1. The third-order valence-electron chi connectivity index (χ3n) is 4.43. The van der Waals surface area contributed by atoms with Crippen LogP contribution in [0, 0.1) is 6.92 Å². The molecule has 1 aliphatic heterocycles. The van der Waals surface area contributed by atoms with Crippen LogP contribution in [0.3, 0.4) is 0 Å². The van der Waals surface area contributed by atoms with Gasteiger partial charge in [0.1, 0.15) is 5.69 Å². The Morgan fingerprint density at radius 3 is 2.35 bits per heavy atom. The van der Waals surface area contributed by atoms with Gasteiger partial charge in [0.15, 0.2) is 6.54 Å². The molecule has 0 unspecified atom stereocenters. The number of rotatable bonds is 2. The van der Waals surface area contributed by atoms with Crippen molar-refractivity contribution in [1.29, 1.82) is 0 Å². The fraction of sp³-hybridized carbons (Fsp3) is 0.150. The first kappa shape index (κ1) is 14.0. The van der Waals surface area contributed by atoms with E-state index in [1.807, 2.05) is 83.9 Å². The Labute approximate surface area is 136 Å². The average molecular weight is 303 g/mol. The fourth-order valence-electron chi connectivity index (χ4n) is 3.27. The van der Waals surface area contributed by atoms with Crippen molar-refractivity contribution in [3.05, 3.63) is 90.1 Å². The number of aryl methyl sites for hydroxylation is 1. The molecule has 3 heteroatoms. The highest BCUT2D eigenvalue weighted by Crippen LogP contribution is 2.40. The molecule has 0 aliphatic carbocycles. The molecular weight excluding hydrogens is 284 g/mol. The van der Waals surface area contributed by atoms with Gasteiger partial charge in [0.2, 0.25) is 0 Å². The van der Waals surface area contributed by atoms with Crippen LogP contribution < -0.4 is 9.47 Å². The van der Waals surface area contributed by atoms with Gasteiger partial charge in [-0.1, -0.05) is 54.1 Å². The van der Waals surface area contributed by atoms with Crippen molar-refractivity contribution in [3.8, 4) is 0 Å². The van der Waals surface area contributed by atoms with Crippen LogP contribution in [0.2, 0.25) is 0 Å². The summed E-state index contributed by atoms with van der Waals surface area (Å²) >= 11 is 0. The van der Waals surface area contributed by atoms with Gasteiger partial charge in [0, 0.05) is 11.6 Å². The van der Waals surface area contributed by atoms with Gasteiger partial charge < -0.3 is 5.11 Å². The smallest absolute Gasteiger partial charge is 0.284 e. The van der Waals surface area contributed by atoms with Crippen molar-refractivity contribution in [3.63, 3.8) is 0 Å². The first-order valence-corrected chi connectivity index (χ1v) is 7.82. The number of fused-ring (bicyclic) bond motifs is 1. The second-order valence-electron chi connectivity index (χ2n) is 6.04. The van der Waals surface area contributed by atoms with Crippen LogP contribution in [0.5, 0.6) is 0 Å². The zero-order chi connectivity index (χ0) is 15.9. The average Bonchev–Trinajstić information content (AvgIpc) is 2.89. The SMILES string of the molecule is Cc1ccc([C@@]2(O)C[n+]3ccccc3N2c2ccccc2)cc1. The van der Waals surface area contributed by atoms with Crippen LogP contribution in [-0.2, 0) is 12.3 Å². The number of nitrogens with zero attached hydrogens (tertiary/aromatic N) is 2. The summed E-state index contributed by atoms with van der Waals surface area (Å²) in [6.07, 6.45) is 2.01. The van der Waals surface area contributed by atoms with Crippen molar-refractivity contribution in [2.75, 3.05) is 4.90 Å². The quantitative estimate of drug-likeness (QED) is 0.736. The van der Waals surface area contributed by atoms with Gasteiger partial charge in [0.05, 0.1) is 6.20 Å². The Morgan fingerprint density at radius 2 is 1.61 bits per heavy atom. The van der Waals surface area contributed by atoms with Crippen LogP contribution in [0.4, 0.5) is 11.5 Å². The lowest BCUT2D eigenvalue weighted by atomic mass is 10.00. The summed E-state index contributed by atoms with van der Waals surface area (Å²) in [5.74, 6) is 0.988. The van der Waals surface area contributed by atoms with Gasteiger partial charge in [-0.25, -0.2) is 4.57 Å². The van der Waals surface area contributed by atoms with E-state index in [9.17, 15) is 5.11 Å². The largest absolute Gasteiger partial charge is 0.346 e. The number of hydrogen-bond donors (Lipinski definition) is 1. The lowest BCUT2D eigenvalue weighted by Gasteiger charge is -2.27. The first-order valence-electron chi connectivity index (χ1n) is 7.82. The van der Waals surface area contributed by atoms with E-state index in [1.165, 1.54) is 5.56 Å². The number of para-hydroxylation sites is 1. The minimum Gasteiger partial charge on any atom is -0.346 e. The van der Waals surface area contributed by atoms with E-state index in [2.05, 4.69) is 11.5 Å². The highest BCUT2D eigenvalue weighted by Gasteiger charge is 2.52. The van der Waals surface area contributed by atoms with Gasteiger partial charge >= 0.3 is 0 Å². The van der Waals surface area contributed by atoms with Crippen molar-refractivity contribution < 1.29 is 9.67 Å². The van der Waals surface area contributed by atoms with Crippen LogP contribution in [0.1, 0.15) is 11.1 Å². The molecule has 3 nitrogen and oxygen atoms in total. The monoisotopic (exact) mass is 303 g/mol. The van der Waals surface area contributed by atoms with Gasteiger partial charge in [-0.05, 0) is 25.1 Å². The summed E-state index contributed by atoms with van der Waals surface area (Å²) < 4.78 is 2.09. The molecular formula is C20H19N2O+. The summed E-state index contributed by atoms with van der Waals surface area (Å²) in [7, 11) is 0. The summed E-state index contributed by atoms with van der Waals surface area (Å²) in [6.45, 7) is 2.56. The second-order valence-corrected chi connectivity index (χ2v) is 6.04. The Hall–Kier alpha value is -2.65. The zero-order valence-corrected chi connectivity index (χ0v) is 13.1. The van der Waals surface area contributed by atoms with Crippen LogP contribution in [-0.4, -0.2) is 5.11 Å². The predicted octanol–water partition coefficient (Wildman–Crippen LogP) is 3.28. The van der Waals surface area contributed by atoms with E-state index in [0.29, 0.717) is 6.54 Å². The number of aliphatic hydroxyl groups is 1. The zero-order valence-electron chi connectivity index (χ0n) is 13.1. The molecule has 1 atom stereocenters. The molecule has 1 aliphatic rings. The third kappa shape index (κ3) is 2.21. The molecule has 0 fully saturated rings. The second kappa shape index (κ2) is 5.21. The molecule has 1 N–H and O–H groups in total. The molecule has 0 radical (unpaired) electrons. The molecule has 114 valence electrons. The maximum Gasteiger partial charge on any atom is 0.284 e. The number of anilines is 2. The van der Waals surface area contributed by atoms with E-state index in [0.717, 1.165) is 17.1 Å². The van der Waals surface area contributed by atoms with Crippen molar-refractivity contribution in [2.24, 2.45) is 0 Å². The molecule has 0 amide bonds. The Bertz CT molecular complexity index is 830. The summed E-state index contributed by atoms with van der Waals surface area (Å²) in [5.41, 5.74) is 1.97. The molecule has 2 aromatic carbocycles. The van der Waals surface area contributed by atoms with E-state index in [4.69, 9.17) is 0 Å². The predicted molar refractivity (Wildman–Crippen MR) is 90.3 cm³/mol. The Kier molecular flexibility index (Phi) is 3.17. The maximum atomic E-state index is 11.6. The number of pyridine rings is 1. The fourth-order valence-corrected chi connectivity index (χ4v) is 3.27. The Morgan fingerprint density at radius 1 is 0.913 bits per heavy atom. The third-order valence-corrected chi connectivity index (χ3v) is 4.43. The lowest BCUT2D eigenvalue weighted by Crippen LogP contribution is -2.43. The minimum atomic E-state index is -1.09. The lowest BCUT2D eigenvalue weighted by molar-refractivity contribution is -0.683. The van der Waals surface area contributed by atoms with Crippen molar-refractivity contribution >= 4 is 11.5 Å². The van der Waals surface area contributed by atoms with Crippen molar-refractivity contribution in [1.82, 2.24) is 0 Å². The molecule has 0 saturated carbocycles. The molecule has 0 saturated heterocycles. The van der Waals surface area contributed by atoms with Crippen molar-refractivity contribution in [2.45, 2.75) is 19.2 Å². The van der Waals surface area contributed by atoms with Gasteiger partial charge in [-0.2, -0.15) is 4.90 Å². The summed E-state index contributed by atoms with van der Waals surface area (Å²) in [5, 5.41) is 11.6. The van der Waals surface area contributed by atoms with Gasteiger partial charge in [0.25, 0.3) is 11.5 Å². The van der Waals surface area contributed by atoms with Crippen LogP contribution >= 0.6 is 0 Å². The maximum absolute atomic E-state index is 11.6. The molecule has 3 aromatic rings. The topological polar surface area (TPSA) is 27.4 Å². The normalized spacial score (nSPS) is 19.7. The van der Waals surface area contributed by atoms with Crippen LogP contribution in [0.25, 0.3) is 0 Å². The summed E-state index contributed by atoms with van der Waals surface area (Å²) in [6, 6.07) is 24.2. The molecule has 4 rings (SSSR count). The Balaban J connectivity index is 1.91. The molecule has 0 spiro atoms. The van der Waals surface area contributed by atoms with E-state index in [1.54, 1.807) is 0 Å². The highest BCUT2D eigenvalue weighted by molar-refractivity contribution is 5.62. The number of benzene rings is 2. The molecule has 1 aromatic heterocycles. The van der Waals surface area contributed by atoms with E-state index < -0.39 is 5.72 Å². The first-order chi connectivity index (χ1) is 11.2. The standard InChI is InChI=1S/C20H19N2O/c1-16-10-12-17(13-11-16)20(23)15-21-14-6-5-9-19(21)22(20)18-7-3-2-4-8-18/h2-14,23H,15H2,1H3/q+1/t20-/m0/s1. The van der Waals surface area contributed by atoms with Crippen LogP contribution in [0.15, 0.2) is 79.0 Å². The van der Waals surface area contributed by atoms with E-state index >= 15 is 0 Å². The van der Waals surface area contributed by atoms with Gasteiger partial charge in [-0.15, -0.1) is 0 Å².